The van der Waals surface area contributed by atoms with Crippen LogP contribution in [0.2, 0.25) is 0 Å². The monoisotopic (exact) mass is 609 g/mol. The number of amides is 2. The minimum Gasteiger partial charge on any atom is -0.458 e. The Bertz CT molecular complexity index is 1230. The van der Waals surface area contributed by atoms with Gasteiger partial charge in [0.05, 0.1) is 12.4 Å². The smallest absolute Gasteiger partial charge is 0.415 e. The number of nitrogens with zero attached hydrogens (tertiary/aromatic N) is 4. The number of aromatic nitrogens is 2. The van der Waals surface area contributed by atoms with E-state index in [2.05, 4.69) is 25.6 Å². The Morgan fingerprint density at radius 3 is 2.30 bits per heavy atom. The number of esters is 1. The first-order valence-corrected chi connectivity index (χ1v) is 14.2. The third-order valence-corrected chi connectivity index (χ3v) is 6.26. The fourth-order valence-corrected chi connectivity index (χ4v) is 4.06. The van der Waals surface area contributed by atoms with Crippen LogP contribution in [0, 0.1) is 5.92 Å². The zero-order valence-electron chi connectivity index (χ0n) is 27.0. The van der Waals surface area contributed by atoms with Crippen molar-refractivity contribution in [2.45, 2.75) is 104 Å². The number of hydrogen-bond acceptors (Lipinski definition) is 11. The van der Waals surface area contributed by atoms with E-state index in [1.54, 1.807) is 67.5 Å². The molecule has 0 aromatic carbocycles. The molecule has 1 aliphatic heterocycles. The first-order valence-electron chi connectivity index (χ1n) is 14.2. The number of aliphatic hydroxyl groups excluding tert-OH is 1. The molecule has 0 spiro atoms. The summed E-state index contributed by atoms with van der Waals surface area (Å²) in [5, 5.41) is 17.0. The number of rotatable bonds is 9. The molecule has 5 atom stereocenters. The van der Waals surface area contributed by atoms with Gasteiger partial charge in [0.2, 0.25) is 5.95 Å². The van der Waals surface area contributed by atoms with E-state index in [1.807, 2.05) is 6.92 Å². The van der Waals surface area contributed by atoms with Crippen LogP contribution in [0.15, 0.2) is 9.79 Å². The van der Waals surface area contributed by atoms with Crippen molar-refractivity contribution in [1.82, 2.24) is 20.2 Å². The fraction of sp³-hybridized carbons (Fsp3) is 0.714. The van der Waals surface area contributed by atoms with Crippen LogP contribution in [0.1, 0.15) is 68.7 Å². The predicted molar refractivity (Wildman–Crippen MR) is 162 cm³/mol. The quantitative estimate of drug-likeness (QED) is 0.139. The summed E-state index contributed by atoms with van der Waals surface area (Å²) in [7, 11) is 3.50. The number of carbonyl (C=O) groups excluding carboxylic acids is 3. The summed E-state index contributed by atoms with van der Waals surface area (Å²) in [4.78, 5) is 65.9. The van der Waals surface area contributed by atoms with Crippen LogP contribution in [-0.4, -0.2) is 101 Å². The maximum atomic E-state index is 13.4. The van der Waals surface area contributed by atoms with Gasteiger partial charge in [-0.25, -0.2) is 19.4 Å². The topological polar surface area (TPSA) is 188 Å². The molecule has 4 N–H and O–H groups in total. The zero-order valence-corrected chi connectivity index (χ0v) is 27.0. The molecule has 0 aliphatic carbocycles. The average Bonchev–Trinajstić information content (AvgIpc) is 2.86. The second-order valence-corrected chi connectivity index (χ2v) is 12.7. The lowest BCUT2D eigenvalue weighted by molar-refractivity contribution is -0.158. The Balaban J connectivity index is 2.39. The van der Waals surface area contributed by atoms with Gasteiger partial charge in [0.15, 0.2) is 5.69 Å². The molecule has 2 amide bonds. The Hall–Kier alpha value is -3.88. The van der Waals surface area contributed by atoms with E-state index in [0.717, 1.165) is 4.90 Å². The van der Waals surface area contributed by atoms with Crippen molar-refractivity contribution < 1.29 is 33.7 Å². The lowest BCUT2D eigenvalue weighted by atomic mass is 9.98. The molecule has 0 bridgehead atoms. The van der Waals surface area contributed by atoms with Crippen LogP contribution in [-0.2, 0) is 19.0 Å². The molecule has 15 nitrogen and oxygen atoms in total. The summed E-state index contributed by atoms with van der Waals surface area (Å²) < 4.78 is 16.5. The summed E-state index contributed by atoms with van der Waals surface area (Å²) in [6.45, 7) is 15.1. The number of fused-ring (bicyclic) bond motifs is 1. The summed E-state index contributed by atoms with van der Waals surface area (Å²) in [5.74, 6) is -0.949. The molecule has 242 valence electrons. The molecule has 43 heavy (non-hydrogen) atoms. The number of H-pyrrole nitrogens is 1. The van der Waals surface area contributed by atoms with Gasteiger partial charge in [-0.3, -0.25) is 9.69 Å². The van der Waals surface area contributed by atoms with Gasteiger partial charge in [0, 0.05) is 20.6 Å². The second-order valence-electron chi connectivity index (χ2n) is 12.7. The third kappa shape index (κ3) is 10.1. The molecular formula is C28H47N7O8. The Kier molecular flexibility index (Phi) is 11.5. The van der Waals surface area contributed by atoms with Gasteiger partial charge in [-0.05, 0) is 54.4 Å². The molecule has 5 unspecified atom stereocenters. The number of aliphatic hydroxyl groups is 1. The Morgan fingerprint density at radius 1 is 1.16 bits per heavy atom. The van der Waals surface area contributed by atoms with Gasteiger partial charge >= 0.3 is 23.7 Å². The molecule has 0 saturated heterocycles. The van der Waals surface area contributed by atoms with E-state index in [1.165, 1.54) is 13.3 Å². The highest BCUT2D eigenvalue weighted by molar-refractivity contribution is 5.93. The van der Waals surface area contributed by atoms with Crippen molar-refractivity contribution in [3.05, 3.63) is 10.4 Å². The van der Waals surface area contributed by atoms with Gasteiger partial charge in [-0.15, -0.1) is 0 Å². The summed E-state index contributed by atoms with van der Waals surface area (Å²) in [6.07, 6.45) is -2.35. The average molecular weight is 610 g/mol. The second kappa shape index (κ2) is 14.1. The van der Waals surface area contributed by atoms with Crippen LogP contribution in [0.3, 0.4) is 0 Å². The standard InChI is InChI=1S/C28H47N7O8/c1-12-15(2)18(31-25(39)42-27(4,5)6)23(38)41-16(3)20(36)17-13-29-21-19(35(17)26(40)43-28(7,8)9)22(37)33-24(32-21)30-14-34(10)11/h14-18,20,36H,12-13H2,1-11H3,(H,31,39)(H2,29,32,33,37). The fourth-order valence-electron chi connectivity index (χ4n) is 4.06. The van der Waals surface area contributed by atoms with Crippen LogP contribution in [0.4, 0.5) is 27.0 Å². The molecule has 0 saturated carbocycles. The van der Waals surface area contributed by atoms with E-state index < -0.39 is 59.2 Å². The SMILES string of the molecule is CCC(C)C(NC(=O)OC(C)(C)C)C(=O)OC(C)C(O)C1CNc2[nH]c(N=CN(C)C)nc(=O)c2N1C(=O)OC(C)(C)C. The number of anilines is 2. The van der Waals surface area contributed by atoms with Crippen LogP contribution < -0.4 is 21.1 Å². The van der Waals surface area contributed by atoms with E-state index in [0.29, 0.717) is 6.42 Å². The van der Waals surface area contributed by atoms with Crippen molar-refractivity contribution in [3.8, 4) is 0 Å². The van der Waals surface area contributed by atoms with Crippen molar-refractivity contribution in [2.75, 3.05) is 30.9 Å². The number of alkyl carbamates (subject to hydrolysis) is 1. The number of nitrogens with one attached hydrogen (secondary N) is 3. The zero-order chi connectivity index (χ0) is 32.9. The van der Waals surface area contributed by atoms with Crippen LogP contribution >= 0.6 is 0 Å². The molecule has 0 fully saturated rings. The van der Waals surface area contributed by atoms with Crippen molar-refractivity contribution in [1.29, 1.82) is 0 Å². The van der Waals surface area contributed by atoms with Gasteiger partial charge in [0.1, 0.15) is 35.3 Å². The summed E-state index contributed by atoms with van der Waals surface area (Å²) in [6, 6.07) is -2.17. The number of carbonyl (C=O) groups is 3. The van der Waals surface area contributed by atoms with E-state index >= 15 is 0 Å². The van der Waals surface area contributed by atoms with Gasteiger partial charge < -0.3 is 39.8 Å². The highest BCUT2D eigenvalue weighted by Gasteiger charge is 2.43. The van der Waals surface area contributed by atoms with E-state index in [4.69, 9.17) is 14.2 Å². The summed E-state index contributed by atoms with van der Waals surface area (Å²) >= 11 is 0. The molecular weight excluding hydrogens is 562 g/mol. The third-order valence-electron chi connectivity index (χ3n) is 6.26. The molecule has 2 rings (SSSR count). The van der Waals surface area contributed by atoms with Crippen molar-refractivity contribution >= 4 is 41.9 Å². The lowest BCUT2D eigenvalue weighted by Gasteiger charge is -2.40. The van der Waals surface area contributed by atoms with E-state index in [9.17, 15) is 24.3 Å². The number of hydrogen-bond donors (Lipinski definition) is 4. The van der Waals surface area contributed by atoms with Crippen LogP contribution in [0.5, 0.6) is 0 Å². The summed E-state index contributed by atoms with van der Waals surface area (Å²) in [5.41, 5.74) is -2.68. The Morgan fingerprint density at radius 2 is 1.77 bits per heavy atom. The first-order chi connectivity index (χ1) is 19.7. The van der Waals surface area contributed by atoms with Gasteiger partial charge in [-0.1, -0.05) is 20.3 Å². The molecule has 15 heteroatoms. The first kappa shape index (κ1) is 35.3. The Labute approximate surface area is 252 Å². The maximum Gasteiger partial charge on any atom is 0.415 e. The number of aromatic amines is 1. The maximum absolute atomic E-state index is 13.4. The van der Waals surface area contributed by atoms with Gasteiger partial charge in [0.25, 0.3) is 0 Å². The molecule has 1 aromatic rings. The minimum absolute atomic E-state index is 0.00367. The molecule has 1 aliphatic rings. The molecule has 2 heterocycles. The largest absolute Gasteiger partial charge is 0.458 e. The normalized spacial score (nSPS) is 18.0. The van der Waals surface area contributed by atoms with Crippen LogP contribution in [0.25, 0.3) is 0 Å². The number of aliphatic imine (C=N–C) groups is 1. The van der Waals surface area contributed by atoms with Crippen molar-refractivity contribution in [2.24, 2.45) is 10.9 Å². The lowest BCUT2D eigenvalue weighted by Crippen LogP contribution is -2.59. The highest BCUT2D eigenvalue weighted by Crippen LogP contribution is 2.31. The molecule has 0 radical (unpaired) electrons. The molecule has 1 aromatic heterocycles. The minimum atomic E-state index is -1.48. The van der Waals surface area contributed by atoms with E-state index in [-0.39, 0.29) is 29.9 Å². The highest BCUT2D eigenvalue weighted by atomic mass is 16.6. The van der Waals surface area contributed by atoms with Gasteiger partial charge in [-0.2, -0.15) is 4.98 Å². The van der Waals surface area contributed by atoms with Crippen molar-refractivity contribution in [3.63, 3.8) is 0 Å². The predicted octanol–water partition coefficient (Wildman–Crippen LogP) is 2.76. The number of ether oxygens (including phenoxy) is 3.